The highest BCUT2D eigenvalue weighted by Gasteiger charge is 2.28. The summed E-state index contributed by atoms with van der Waals surface area (Å²) in [5.74, 6) is 0.231. The van der Waals surface area contributed by atoms with Gasteiger partial charge in [-0.2, -0.15) is 0 Å². The number of sulfonamides is 1. The van der Waals surface area contributed by atoms with E-state index < -0.39 is 10.0 Å². The zero-order valence-corrected chi connectivity index (χ0v) is 14.6. The number of nitrogens with zero attached hydrogens (tertiary/aromatic N) is 1. The fourth-order valence-corrected chi connectivity index (χ4v) is 4.44. The van der Waals surface area contributed by atoms with Crippen LogP contribution >= 0.6 is 27.5 Å². The highest BCUT2D eigenvalue weighted by Crippen LogP contribution is 2.30. The van der Waals surface area contributed by atoms with Crippen LogP contribution in [0.2, 0.25) is 5.02 Å². The van der Waals surface area contributed by atoms with Crippen LogP contribution in [0.1, 0.15) is 30.1 Å². The molecule has 0 aliphatic carbocycles. The van der Waals surface area contributed by atoms with Gasteiger partial charge < -0.3 is 4.90 Å². The molecule has 0 bridgehead atoms. The second kappa shape index (κ2) is 6.24. The molecule has 116 valence electrons. The summed E-state index contributed by atoms with van der Waals surface area (Å²) >= 11 is 9.18. The molecule has 1 amide bonds. The van der Waals surface area contributed by atoms with Gasteiger partial charge in [-0.1, -0.05) is 24.9 Å². The Hall–Kier alpha value is -0.630. The van der Waals surface area contributed by atoms with E-state index in [-0.39, 0.29) is 25.9 Å². The van der Waals surface area contributed by atoms with E-state index in [1.54, 1.807) is 4.90 Å². The van der Waals surface area contributed by atoms with Crippen molar-refractivity contribution in [3.8, 4) is 0 Å². The predicted molar refractivity (Wildman–Crippen MR) is 84.8 cm³/mol. The van der Waals surface area contributed by atoms with E-state index in [0.717, 1.165) is 12.8 Å². The molecular formula is C13H16BrClN2O3S. The Morgan fingerprint density at radius 1 is 1.52 bits per heavy atom. The number of primary sulfonamides is 1. The second-order valence-corrected chi connectivity index (χ2v) is 7.91. The van der Waals surface area contributed by atoms with Crippen LogP contribution in [-0.4, -0.2) is 32.3 Å². The standard InChI is InChI=1S/C13H16BrClN2O3S/c1-2-8-3-4-17(7-8)13(18)9-5-12(21(16,19)20)10(14)6-11(9)15/h5-6,8H,2-4,7H2,1H3,(H2,16,19,20). The third-order valence-electron chi connectivity index (χ3n) is 3.71. The number of rotatable bonds is 3. The molecule has 2 N–H and O–H groups in total. The van der Waals surface area contributed by atoms with Gasteiger partial charge in [0.1, 0.15) is 0 Å². The number of likely N-dealkylation sites (tertiary alicyclic amines) is 1. The minimum atomic E-state index is -3.92. The Bertz CT molecular complexity index is 678. The molecule has 1 aromatic carbocycles. The van der Waals surface area contributed by atoms with Crippen LogP contribution in [0, 0.1) is 5.92 Å². The predicted octanol–water partition coefficient (Wildman–Crippen LogP) is 2.62. The van der Waals surface area contributed by atoms with Crippen LogP contribution in [0.4, 0.5) is 0 Å². The number of amides is 1. The summed E-state index contributed by atoms with van der Waals surface area (Å²) in [6, 6.07) is 2.63. The molecule has 2 rings (SSSR count). The maximum Gasteiger partial charge on any atom is 0.255 e. The van der Waals surface area contributed by atoms with Crippen LogP contribution in [0.15, 0.2) is 21.5 Å². The first kappa shape index (κ1) is 16.7. The molecule has 1 fully saturated rings. The van der Waals surface area contributed by atoms with Gasteiger partial charge >= 0.3 is 0 Å². The van der Waals surface area contributed by atoms with Crippen molar-refractivity contribution in [2.75, 3.05) is 13.1 Å². The lowest BCUT2D eigenvalue weighted by Gasteiger charge is -2.18. The average molecular weight is 396 g/mol. The van der Waals surface area contributed by atoms with Gasteiger partial charge in [0.15, 0.2) is 0 Å². The van der Waals surface area contributed by atoms with E-state index >= 15 is 0 Å². The quantitative estimate of drug-likeness (QED) is 0.854. The third-order valence-corrected chi connectivity index (χ3v) is 5.89. The average Bonchev–Trinajstić information content (AvgIpc) is 2.85. The molecular weight excluding hydrogens is 380 g/mol. The minimum absolute atomic E-state index is 0.138. The topological polar surface area (TPSA) is 80.5 Å². The minimum Gasteiger partial charge on any atom is -0.338 e. The largest absolute Gasteiger partial charge is 0.338 e. The maximum absolute atomic E-state index is 12.5. The molecule has 1 heterocycles. The van der Waals surface area contributed by atoms with Crippen LogP contribution in [0.3, 0.4) is 0 Å². The number of hydrogen-bond acceptors (Lipinski definition) is 3. The second-order valence-electron chi connectivity index (χ2n) is 5.12. The van der Waals surface area contributed by atoms with Crippen LogP contribution in [0.5, 0.6) is 0 Å². The molecule has 0 radical (unpaired) electrons. The van der Waals surface area contributed by atoms with Gasteiger partial charge in [0, 0.05) is 17.6 Å². The molecule has 1 atom stereocenters. The lowest BCUT2D eigenvalue weighted by atomic mass is 10.1. The van der Waals surface area contributed by atoms with Gasteiger partial charge in [-0.25, -0.2) is 13.6 Å². The van der Waals surface area contributed by atoms with E-state index in [1.165, 1.54) is 12.1 Å². The summed E-state index contributed by atoms with van der Waals surface area (Å²) in [4.78, 5) is 14.1. The number of nitrogens with two attached hydrogens (primary N) is 1. The van der Waals surface area contributed by atoms with Gasteiger partial charge in [0.25, 0.3) is 5.91 Å². The van der Waals surface area contributed by atoms with Gasteiger partial charge in [0.2, 0.25) is 10.0 Å². The van der Waals surface area contributed by atoms with Crippen molar-refractivity contribution in [3.05, 3.63) is 27.2 Å². The smallest absolute Gasteiger partial charge is 0.255 e. The molecule has 0 aromatic heterocycles. The molecule has 21 heavy (non-hydrogen) atoms. The zero-order chi connectivity index (χ0) is 15.8. The Morgan fingerprint density at radius 3 is 2.71 bits per heavy atom. The molecule has 8 heteroatoms. The lowest BCUT2D eigenvalue weighted by molar-refractivity contribution is 0.0787. The van der Waals surface area contributed by atoms with E-state index in [2.05, 4.69) is 22.9 Å². The number of carbonyl (C=O) groups is 1. The molecule has 5 nitrogen and oxygen atoms in total. The van der Waals surface area contributed by atoms with Crippen molar-refractivity contribution in [3.63, 3.8) is 0 Å². The first-order valence-corrected chi connectivity index (χ1v) is 9.27. The van der Waals surface area contributed by atoms with Gasteiger partial charge in [0.05, 0.1) is 15.5 Å². The highest BCUT2D eigenvalue weighted by atomic mass is 79.9. The van der Waals surface area contributed by atoms with E-state index in [1.807, 2.05) is 0 Å². The summed E-state index contributed by atoms with van der Waals surface area (Å²) in [6.07, 6.45) is 1.97. The van der Waals surface area contributed by atoms with Crippen LogP contribution in [0.25, 0.3) is 0 Å². The molecule has 0 saturated carbocycles. The van der Waals surface area contributed by atoms with Crippen molar-refractivity contribution >= 4 is 43.5 Å². The molecule has 1 aliphatic rings. The SMILES string of the molecule is CCC1CCN(C(=O)c2cc(S(N)(=O)=O)c(Br)cc2Cl)C1. The Balaban J connectivity index is 2.38. The van der Waals surface area contributed by atoms with Crippen molar-refractivity contribution in [2.24, 2.45) is 11.1 Å². The van der Waals surface area contributed by atoms with Gasteiger partial charge in [-0.15, -0.1) is 0 Å². The number of hydrogen-bond donors (Lipinski definition) is 1. The lowest BCUT2D eigenvalue weighted by Crippen LogP contribution is -2.29. The Morgan fingerprint density at radius 2 is 2.19 bits per heavy atom. The monoisotopic (exact) mass is 394 g/mol. The van der Waals surface area contributed by atoms with Crippen molar-refractivity contribution in [1.82, 2.24) is 4.90 Å². The summed E-state index contributed by atoms with van der Waals surface area (Å²) < 4.78 is 23.3. The fourth-order valence-electron chi connectivity index (χ4n) is 2.43. The molecule has 1 aromatic rings. The first-order chi connectivity index (χ1) is 9.74. The van der Waals surface area contributed by atoms with Gasteiger partial charge in [-0.05, 0) is 40.4 Å². The summed E-state index contributed by atoms with van der Waals surface area (Å²) in [5, 5.41) is 5.36. The normalized spacial score (nSPS) is 19.0. The van der Waals surface area contributed by atoms with Crippen LogP contribution in [-0.2, 0) is 10.0 Å². The molecule has 0 spiro atoms. The van der Waals surface area contributed by atoms with E-state index in [4.69, 9.17) is 16.7 Å². The van der Waals surface area contributed by atoms with Crippen molar-refractivity contribution < 1.29 is 13.2 Å². The molecule has 1 unspecified atom stereocenters. The number of halogens is 2. The third kappa shape index (κ3) is 3.59. The van der Waals surface area contributed by atoms with Crippen molar-refractivity contribution in [1.29, 1.82) is 0 Å². The van der Waals surface area contributed by atoms with E-state index in [0.29, 0.717) is 19.0 Å². The summed E-state index contributed by atoms with van der Waals surface area (Å²) in [7, 11) is -3.92. The summed E-state index contributed by atoms with van der Waals surface area (Å²) in [5.41, 5.74) is 0.167. The van der Waals surface area contributed by atoms with Crippen molar-refractivity contribution in [2.45, 2.75) is 24.7 Å². The maximum atomic E-state index is 12.5. The summed E-state index contributed by atoms with van der Waals surface area (Å²) in [6.45, 7) is 3.42. The van der Waals surface area contributed by atoms with Gasteiger partial charge in [-0.3, -0.25) is 4.79 Å². The number of carbonyl (C=O) groups excluding carboxylic acids is 1. The molecule has 1 saturated heterocycles. The van der Waals surface area contributed by atoms with Crippen LogP contribution < -0.4 is 5.14 Å². The molecule has 1 aliphatic heterocycles. The zero-order valence-electron chi connectivity index (χ0n) is 11.5. The fraction of sp³-hybridized carbons (Fsp3) is 0.462. The number of benzene rings is 1. The highest BCUT2D eigenvalue weighted by molar-refractivity contribution is 9.10. The first-order valence-electron chi connectivity index (χ1n) is 6.55. The van der Waals surface area contributed by atoms with E-state index in [9.17, 15) is 13.2 Å². The Labute approximate surface area is 137 Å². The Kier molecular flexibility index (Phi) is 4.97.